The Morgan fingerprint density at radius 2 is 2.00 bits per heavy atom. The number of carbonyl (C=O) groups is 1. The standard InChI is InChI=1S/C24H26F3N3O2/c1-15-17(11-30-12-18(13-30)23(31)28-2)4-3-16-9-21(7-8-22(15)16)32-14-20-6-5-19(10-29-20)24(25,26)27/h5-10,18H,3-4,11-14H2,1-2H3,(H,28,31). The molecule has 0 unspecified atom stereocenters. The molecule has 5 nitrogen and oxygen atoms in total. The van der Waals surface area contributed by atoms with Crippen LogP contribution in [0.1, 0.15) is 35.7 Å². The summed E-state index contributed by atoms with van der Waals surface area (Å²) in [7, 11) is 1.67. The van der Waals surface area contributed by atoms with Crippen LogP contribution in [0, 0.1) is 5.92 Å². The van der Waals surface area contributed by atoms with Crippen LogP contribution < -0.4 is 10.1 Å². The fourth-order valence-corrected chi connectivity index (χ4v) is 4.27. The third kappa shape index (κ3) is 4.80. The Labute approximate surface area is 185 Å². The number of aryl methyl sites for hydroxylation is 1. The molecule has 0 spiro atoms. The van der Waals surface area contributed by atoms with Gasteiger partial charge in [0.2, 0.25) is 5.91 Å². The molecular formula is C24H26F3N3O2. The highest BCUT2D eigenvalue weighted by Gasteiger charge is 2.33. The molecule has 2 aromatic rings. The molecule has 0 saturated carbocycles. The van der Waals surface area contributed by atoms with E-state index in [1.165, 1.54) is 28.3 Å². The van der Waals surface area contributed by atoms with Gasteiger partial charge in [0.05, 0.1) is 17.2 Å². The zero-order chi connectivity index (χ0) is 22.9. The van der Waals surface area contributed by atoms with Gasteiger partial charge in [-0.25, -0.2) is 0 Å². The van der Waals surface area contributed by atoms with Crippen LogP contribution in [0.25, 0.3) is 5.57 Å². The van der Waals surface area contributed by atoms with Crippen molar-refractivity contribution in [3.8, 4) is 5.75 Å². The van der Waals surface area contributed by atoms with Gasteiger partial charge in [-0.2, -0.15) is 13.2 Å². The summed E-state index contributed by atoms with van der Waals surface area (Å²) < 4.78 is 43.7. The van der Waals surface area contributed by atoms with Crippen LogP contribution in [0.15, 0.2) is 42.1 Å². The van der Waals surface area contributed by atoms with Crippen molar-refractivity contribution < 1.29 is 22.7 Å². The third-order valence-corrected chi connectivity index (χ3v) is 6.23. The first-order valence-corrected chi connectivity index (χ1v) is 10.7. The van der Waals surface area contributed by atoms with Crippen molar-refractivity contribution in [1.29, 1.82) is 0 Å². The van der Waals surface area contributed by atoms with Gasteiger partial charge in [-0.1, -0.05) is 11.6 Å². The van der Waals surface area contributed by atoms with Crippen LogP contribution in [0.2, 0.25) is 0 Å². The van der Waals surface area contributed by atoms with E-state index in [0.29, 0.717) is 11.4 Å². The smallest absolute Gasteiger partial charge is 0.417 e. The van der Waals surface area contributed by atoms with E-state index in [4.69, 9.17) is 4.74 Å². The van der Waals surface area contributed by atoms with Gasteiger partial charge in [-0.3, -0.25) is 14.7 Å². The Kier molecular flexibility index (Phi) is 6.24. The maximum Gasteiger partial charge on any atom is 0.417 e. The topological polar surface area (TPSA) is 54.5 Å². The molecule has 170 valence electrons. The molecule has 0 radical (unpaired) electrons. The Hall–Kier alpha value is -2.87. The molecule has 1 amide bonds. The number of amides is 1. The molecule has 1 aromatic heterocycles. The summed E-state index contributed by atoms with van der Waals surface area (Å²) in [4.78, 5) is 17.8. The molecule has 32 heavy (non-hydrogen) atoms. The molecule has 1 fully saturated rings. The van der Waals surface area contributed by atoms with Crippen LogP contribution in [-0.2, 0) is 24.0 Å². The minimum atomic E-state index is -4.39. The van der Waals surface area contributed by atoms with Crippen molar-refractivity contribution in [1.82, 2.24) is 15.2 Å². The number of halogens is 3. The summed E-state index contributed by atoms with van der Waals surface area (Å²) in [5.74, 6) is 0.883. The van der Waals surface area contributed by atoms with Gasteiger partial charge in [0.15, 0.2) is 0 Å². The number of hydrogen-bond donors (Lipinski definition) is 1. The van der Waals surface area contributed by atoms with Gasteiger partial charge >= 0.3 is 6.18 Å². The summed E-state index contributed by atoms with van der Waals surface area (Å²) in [5, 5.41) is 2.71. The molecule has 2 aliphatic rings. The van der Waals surface area contributed by atoms with Gasteiger partial charge in [0.1, 0.15) is 12.4 Å². The molecule has 4 rings (SSSR count). The van der Waals surface area contributed by atoms with Gasteiger partial charge < -0.3 is 10.1 Å². The largest absolute Gasteiger partial charge is 0.487 e. The summed E-state index contributed by atoms with van der Waals surface area (Å²) in [6.45, 7) is 4.73. The van der Waals surface area contributed by atoms with Crippen LogP contribution in [0.3, 0.4) is 0 Å². The van der Waals surface area contributed by atoms with Gasteiger partial charge in [-0.05, 0) is 60.7 Å². The monoisotopic (exact) mass is 445 g/mol. The molecule has 0 bridgehead atoms. The van der Waals surface area contributed by atoms with E-state index in [1.807, 2.05) is 18.2 Å². The van der Waals surface area contributed by atoms with Crippen molar-refractivity contribution >= 4 is 11.5 Å². The predicted molar refractivity (Wildman–Crippen MR) is 115 cm³/mol. The van der Waals surface area contributed by atoms with Crippen molar-refractivity contribution in [2.75, 3.05) is 26.7 Å². The maximum absolute atomic E-state index is 12.7. The first-order valence-electron chi connectivity index (χ1n) is 10.7. The zero-order valence-electron chi connectivity index (χ0n) is 18.1. The summed E-state index contributed by atoms with van der Waals surface area (Å²) in [6.07, 6.45) is -1.69. The summed E-state index contributed by atoms with van der Waals surface area (Å²) in [6, 6.07) is 8.29. The fraction of sp³-hybridized carbons (Fsp3) is 0.417. The van der Waals surface area contributed by atoms with Gasteiger partial charge in [-0.15, -0.1) is 0 Å². The molecule has 1 aromatic carbocycles. The van der Waals surface area contributed by atoms with E-state index in [-0.39, 0.29) is 18.4 Å². The Balaban J connectivity index is 1.37. The molecule has 1 aliphatic heterocycles. The van der Waals surface area contributed by atoms with E-state index in [1.54, 1.807) is 7.05 Å². The second-order valence-electron chi connectivity index (χ2n) is 8.38. The quantitative estimate of drug-likeness (QED) is 0.728. The van der Waals surface area contributed by atoms with E-state index in [9.17, 15) is 18.0 Å². The van der Waals surface area contributed by atoms with E-state index in [0.717, 1.165) is 44.7 Å². The number of allylic oxidation sites excluding steroid dienone is 1. The number of likely N-dealkylation sites (tertiary alicyclic amines) is 1. The van der Waals surface area contributed by atoms with Crippen LogP contribution in [0.4, 0.5) is 13.2 Å². The van der Waals surface area contributed by atoms with E-state index >= 15 is 0 Å². The number of benzene rings is 1. The zero-order valence-corrected chi connectivity index (χ0v) is 18.1. The van der Waals surface area contributed by atoms with Gasteiger partial charge in [0, 0.05) is 32.9 Å². The van der Waals surface area contributed by atoms with Crippen LogP contribution in [0.5, 0.6) is 5.75 Å². The molecule has 2 heterocycles. The van der Waals surface area contributed by atoms with Crippen molar-refractivity contribution in [2.45, 2.75) is 32.5 Å². The number of hydrogen-bond acceptors (Lipinski definition) is 4. The van der Waals surface area contributed by atoms with Crippen molar-refractivity contribution in [3.05, 3.63) is 64.5 Å². The lowest BCUT2D eigenvalue weighted by Crippen LogP contribution is -2.53. The number of nitrogens with zero attached hydrogens (tertiary/aromatic N) is 2. The van der Waals surface area contributed by atoms with Crippen molar-refractivity contribution in [2.24, 2.45) is 5.92 Å². The number of nitrogens with one attached hydrogen (secondary N) is 1. The minimum absolute atomic E-state index is 0.0932. The van der Waals surface area contributed by atoms with Crippen LogP contribution in [-0.4, -0.2) is 42.5 Å². The highest BCUT2D eigenvalue weighted by molar-refractivity contribution is 5.79. The first kappa shape index (κ1) is 22.3. The highest BCUT2D eigenvalue weighted by atomic mass is 19.4. The first-order chi connectivity index (χ1) is 15.2. The Morgan fingerprint density at radius 3 is 2.66 bits per heavy atom. The lowest BCUT2D eigenvalue weighted by atomic mass is 9.85. The fourth-order valence-electron chi connectivity index (χ4n) is 4.27. The third-order valence-electron chi connectivity index (χ3n) is 6.23. The number of aromatic nitrogens is 1. The van der Waals surface area contributed by atoms with E-state index in [2.05, 4.69) is 22.1 Å². The Bertz CT molecular complexity index is 1030. The second-order valence-corrected chi connectivity index (χ2v) is 8.38. The second kappa shape index (κ2) is 8.94. The Morgan fingerprint density at radius 1 is 1.22 bits per heavy atom. The number of alkyl halides is 3. The molecule has 8 heteroatoms. The maximum atomic E-state index is 12.7. The van der Waals surface area contributed by atoms with Crippen molar-refractivity contribution in [3.63, 3.8) is 0 Å². The van der Waals surface area contributed by atoms with Gasteiger partial charge in [0.25, 0.3) is 0 Å². The predicted octanol–water partition coefficient (Wildman–Crippen LogP) is 4.08. The molecule has 1 aliphatic carbocycles. The number of pyridine rings is 1. The molecule has 1 saturated heterocycles. The summed E-state index contributed by atoms with van der Waals surface area (Å²) >= 11 is 0. The normalized spacial score (nSPS) is 17.0. The van der Waals surface area contributed by atoms with Crippen LogP contribution >= 0.6 is 0 Å². The number of ether oxygens (including phenoxy) is 1. The minimum Gasteiger partial charge on any atom is -0.487 e. The highest BCUT2D eigenvalue weighted by Crippen LogP contribution is 2.35. The summed E-state index contributed by atoms with van der Waals surface area (Å²) in [5.41, 5.74) is 4.75. The SMILES string of the molecule is CNC(=O)C1CN(CC2=C(C)c3ccc(OCc4ccc(C(F)(F)F)cn4)cc3CC2)C1. The molecular weight excluding hydrogens is 419 g/mol. The number of carbonyl (C=O) groups excluding carboxylic acids is 1. The number of fused-ring (bicyclic) bond motifs is 1. The average Bonchev–Trinajstić information content (AvgIpc) is 2.75. The lowest BCUT2D eigenvalue weighted by molar-refractivity contribution is -0.137. The van der Waals surface area contributed by atoms with E-state index < -0.39 is 11.7 Å². The lowest BCUT2D eigenvalue weighted by Gasteiger charge is -2.39. The number of rotatable bonds is 6. The average molecular weight is 445 g/mol. The molecule has 1 N–H and O–H groups in total. The molecule has 0 atom stereocenters.